The first-order chi connectivity index (χ1) is 9.02. The topological polar surface area (TPSA) is 97.1 Å². The Hall–Kier alpha value is -2.36. The molecule has 2 rings (SSSR count). The maximum atomic E-state index is 11.7. The number of hydrogen-bond donors (Lipinski definition) is 3. The van der Waals surface area contributed by atoms with Crippen molar-refractivity contribution in [1.82, 2.24) is 4.98 Å². The lowest BCUT2D eigenvalue weighted by Crippen LogP contribution is -2.29. The summed E-state index contributed by atoms with van der Waals surface area (Å²) in [6, 6.07) is 10.00. The highest BCUT2D eigenvalue weighted by molar-refractivity contribution is 6.58. The van der Waals surface area contributed by atoms with Crippen LogP contribution in [0.5, 0.6) is 0 Å². The van der Waals surface area contributed by atoms with E-state index in [1.54, 1.807) is 37.3 Å². The molecule has 0 amide bonds. The van der Waals surface area contributed by atoms with Gasteiger partial charge in [0.05, 0.1) is 0 Å². The van der Waals surface area contributed by atoms with Gasteiger partial charge in [0.25, 0.3) is 5.56 Å². The van der Waals surface area contributed by atoms with Crippen molar-refractivity contribution in [2.45, 2.75) is 6.92 Å². The molecule has 6 heteroatoms. The molecule has 0 spiro atoms. The highest BCUT2D eigenvalue weighted by Crippen LogP contribution is 2.20. The molecule has 0 saturated carbocycles. The molecule has 1 aromatic heterocycles. The molecule has 5 nitrogen and oxygen atoms in total. The first kappa shape index (κ1) is 13.1. The van der Waals surface area contributed by atoms with Crippen molar-refractivity contribution in [3.8, 4) is 17.2 Å². The molecule has 0 fully saturated rings. The molecular formula is C13H11BN2O3. The summed E-state index contributed by atoms with van der Waals surface area (Å²) in [5.41, 5.74) is 1.57. The van der Waals surface area contributed by atoms with Crippen LogP contribution >= 0.6 is 0 Å². The normalized spacial score (nSPS) is 10.0. The van der Waals surface area contributed by atoms with Crippen molar-refractivity contribution < 1.29 is 10.0 Å². The van der Waals surface area contributed by atoms with Crippen molar-refractivity contribution in [3.63, 3.8) is 0 Å². The van der Waals surface area contributed by atoms with Gasteiger partial charge in [-0.1, -0.05) is 24.3 Å². The van der Waals surface area contributed by atoms with Crippen molar-refractivity contribution in [2.75, 3.05) is 0 Å². The average molecular weight is 254 g/mol. The SMILES string of the molecule is Cc1cc(-c2cccc(B(O)O)c2)c(C#N)c(=O)[nH]1. The molecule has 3 N–H and O–H groups in total. The number of aromatic amines is 1. The number of pyridine rings is 1. The molecule has 0 saturated heterocycles. The Morgan fingerprint density at radius 3 is 2.68 bits per heavy atom. The fourth-order valence-corrected chi connectivity index (χ4v) is 1.89. The zero-order chi connectivity index (χ0) is 14.0. The van der Waals surface area contributed by atoms with Gasteiger partial charge >= 0.3 is 7.12 Å². The largest absolute Gasteiger partial charge is 0.488 e. The summed E-state index contributed by atoms with van der Waals surface area (Å²) in [5.74, 6) is 0. The van der Waals surface area contributed by atoms with Crippen LogP contribution in [0, 0.1) is 18.3 Å². The van der Waals surface area contributed by atoms with Crippen LogP contribution < -0.4 is 11.0 Å². The molecule has 0 aliphatic carbocycles. The summed E-state index contributed by atoms with van der Waals surface area (Å²) in [5, 5.41) is 27.4. The minimum absolute atomic E-state index is 0.00943. The summed E-state index contributed by atoms with van der Waals surface area (Å²) < 4.78 is 0. The van der Waals surface area contributed by atoms with E-state index in [1.165, 1.54) is 0 Å². The average Bonchev–Trinajstić information content (AvgIpc) is 2.38. The number of rotatable bonds is 2. The van der Waals surface area contributed by atoms with Gasteiger partial charge in [0, 0.05) is 11.3 Å². The zero-order valence-electron chi connectivity index (χ0n) is 10.2. The fourth-order valence-electron chi connectivity index (χ4n) is 1.89. The summed E-state index contributed by atoms with van der Waals surface area (Å²) in [4.78, 5) is 14.3. The molecule has 0 bridgehead atoms. The van der Waals surface area contributed by atoms with Gasteiger partial charge in [-0.3, -0.25) is 4.79 Å². The Morgan fingerprint density at radius 1 is 1.32 bits per heavy atom. The third-order valence-corrected chi connectivity index (χ3v) is 2.78. The van der Waals surface area contributed by atoms with Crippen molar-refractivity contribution in [2.24, 2.45) is 0 Å². The number of aromatic nitrogens is 1. The lowest BCUT2D eigenvalue weighted by atomic mass is 9.79. The Balaban J connectivity index is 2.69. The van der Waals surface area contributed by atoms with Crippen LogP contribution in [0.1, 0.15) is 11.3 Å². The first-order valence-electron chi connectivity index (χ1n) is 5.63. The fraction of sp³-hybridized carbons (Fsp3) is 0.0769. The Morgan fingerprint density at radius 2 is 2.05 bits per heavy atom. The maximum Gasteiger partial charge on any atom is 0.488 e. The van der Waals surface area contributed by atoms with Crippen LogP contribution in [0.2, 0.25) is 0 Å². The van der Waals surface area contributed by atoms with E-state index in [9.17, 15) is 4.79 Å². The van der Waals surface area contributed by atoms with Gasteiger partial charge in [-0.2, -0.15) is 5.26 Å². The van der Waals surface area contributed by atoms with Crippen LogP contribution in [0.25, 0.3) is 11.1 Å². The van der Waals surface area contributed by atoms with Crippen LogP contribution in [0.15, 0.2) is 35.1 Å². The molecule has 1 aromatic carbocycles. The summed E-state index contributed by atoms with van der Waals surface area (Å²) in [7, 11) is -1.59. The van der Waals surface area contributed by atoms with Crippen molar-refractivity contribution in [1.29, 1.82) is 5.26 Å². The van der Waals surface area contributed by atoms with E-state index in [2.05, 4.69) is 4.98 Å². The van der Waals surface area contributed by atoms with Crippen LogP contribution in [0.4, 0.5) is 0 Å². The quantitative estimate of drug-likeness (QED) is 0.652. The van der Waals surface area contributed by atoms with Gasteiger partial charge in [0.1, 0.15) is 11.6 Å². The van der Waals surface area contributed by atoms with Gasteiger partial charge < -0.3 is 15.0 Å². The number of hydrogen-bond acceptors (Lipinski definition) is 4. The first-order valence-corrected chi connectivity index (χ1v) is 5.63. The number of nitrogens with one attached hydrogen (secondary N) is 1. The zero-order valence-corrected chi connectivity index (χ0v) is 10.2. The molecule has 19 heavy (non-hydrogen) atoms. The lowest BCUT2D eigenvalue weighted by molar-refractivity contribution is 0.426. The Labute approximate surface area is 109 Å². The van der Waals surface area contributed by atoms with Gasteiger partial charge in [-0.25, -0.2) is 0 Å². The number of nitrogens with zero attached hydrogens (tertiary/aromatic N) is 1. The predicted octanol–water partition coefficient (Wildman–Crippen LogP) is -0.0982. The standard InChI is InChI=1S/C13H11BN2O3/c1-8-5-11(12(7-15)13(17)16-8)9-3-2-4-10(6-9)14(18)19/h2-6,18-19H,1H3,(H,16,17). The molecule has 1 heterocycles. The Kier molecular flexibility index (Phi) is 3.51. The second-order valence-electron chi connectivity index (χ2n) is 4.18. The highest BCUT2D eigenvalue weighted by atomic mass is 16.4. The van der Waals surface area contributed by atoms with E-state index in [0.29, 0.717) is 22.3 Å². The minimum atomic E-state index is -1.59. The van der Waals surface area contributed by atoms with Crippen molar-refractivity contribution in [3.05, 3.63) is 51.9 Å². The molecule has 94 valence electrons. The van der Waals surface area contributed by atoms with E-state index in [-0.39, 0.29) is 5.56 Å². The van der Waals surface area contributed by atoms with E-state index in [0.717, 1.165) is 0 Å². The van der Waals surface area contributed by atoms with Gasteiger partial charge in [-0.05, 0) is 24.0 Å². The van der Waals surface area contributed by atoms with Crippen molar-refractivity contribution >= 4 is 12.6 Å². The summed E-state index contributed by atoms with van der Waals surface area (Å²) in [6.45, 7) is 1.72. The van der Waals surface area contributed by atoms with Gasteiger partial charge in [-0.15, -0.1) is 0 Å². The molecule has 0 radical (unpaired) electrons. The third kappa shape index (κ3) is 2.57. The number of H-pyrrole nitrogens is 1. The Bertz CT molecular complexity index is 717. The monoisotopic (exact) mass is 254 g/mol. The number of nitriles is 1. The molecule has 0 unspecified atom stereocenters. The number of benzene rings is 1. The second-order valence-corrected chi connectivity index (χ2v) is 4.18. The molecule has 2 aromatic rings. The maximum absolute atomic E-state index is 11.7. The van der Waals surface area contributed by atoms with Gasteiger partial charge in [0.15, 0.2) is 0 Å². The van der Waals surface area contributed by atoms with E-state index >= 15 is 0 Å². The molecular weight excluding hydrogens is 243 g/mol. The lowest BCUT2D eigenvalue weighted by Gasteiger charge is -2.07. The summed E-state index contributed by atoms with van der Waals surface area (Å²) in [6.07, 6.45) is 0. The van der Waals surface area contributed by atoms with Crippen LogP contribution in [-0.2, 0) is 0 Å². The van der Waals surface area contributed by atoms with Gasteiger partial charge in [0.2, 0.25) is 0 Å². The number of aryl methyl sites for hydroxylation is 1. The van der Waals surface area contributed by atoms with E-state index in [1.807, 2.05) is 6.07 Å². The molecule has 0 atom stereocenters. The van der Waals surface area contributed by atoms with E-state index < -0.39 is 12.7 Å². The molecule has 0 aliphatic heterocycles. The summed E-state index contributed by atoms with van der Waals surface area (Å²) >= 11 is 0. The predicted molar refractivity (Wildman–Crippen MR) is 71.8 cm³/mol. The minimum Gasteiger partial charge on any atom is -0.423 e. The smallest absolute Gasteiger partial charge is 0.423 e. The van der Waals surface area contributed by atoms with Crippen LogP contribution in [0.3, 0.4) is 0 Å². The van der Waals surface area contributed by atoms with E-state index in [4.69, 9.17) is 15.3 Å². The molecule has 0 aliphatic rings. The third-order valence-electron chi connectivity index (χ3n) is 2.78. The van der Waals surface area contributed by atoms with Crippen LogP contribution in [-0.4, -0.2) is 22.2 Å². The second kappa shape index (κ2) is 5.10. The highest BCUT2D eigenvalue weighted by Gasteiger charge is 2.14.